The highest BCUT2D eigenvalue weighted by Crippen LogP contribution is 2.11. The maximum absolute atomic E-state index is 12.1. The molecule has 0 aromatic heterocycles. The fourth-order valence-electron chi connectivity index (χ4n) is 4.87. The third-order valence-corrected chi connectivity index (χ3v) is 7.66. The van der Waals surface area contributed by atoms with Crippen LogP contribution in [0, 0.1) is 0 Å². The van der Waals surface area contributed by atoms with E-state index in [2.05, 4.69) is 50.3 Å². The van der Waals surface area contributed by atoms with Gasteiger partial charge < -0.3 is 14.6 Å². The van der Waals surface area contributed by atoms with E-state index < -0.39 is 6.10 Å². The van der Waals surface area contributed by atoms with E-state index in [-0.39, 0.29) is 25.2 Å². The van der Waals surface area contributed by atoms with Crippen molar-refractivity contribution in [2.75, 3.05) is 13.2 Å². The smallest absolute Gasteiger partial charge is 0.306 e. The highest BCUT2D eigenvalue weighted by atomic mass is 16.6. The van der Waals surface area contributed by atoms with Gasteiger partial charge in [-0.2, -0.15) is 0 Å². The molecule has 0 rings (SSSR count). The molecule has 0 saturated heterocycles. The van der Waals surface area contributed by atoms with Crippen LogP contribution in [0.25, 0.3) is 0 Å². The molecule has 0 aromatic rings. The molecule has 250 valence electrons. The van der Waals surface area contributed by atoms with Crippen LogP contribution < -0.4 is 0 Å². The van der Waals surface area contributed by atoms with E-state index in [0.29, 0.717) is 12.8 Å². The summed E-state index contributed by atoms with van der Waals surface area (Å²) in [5, 5.41) is 9.52. The van der Waals surface area contributed by atoms with Gasteiger partial charge in [0.15, 0.2) is 6.10 Å². The number of hydrogen-bond acceptors (Lipinski definition) is 5. The van der Waals surface area contributed by atoms with Crippen molar-refractivity contribution in [1.82, 2.24) is 0 Å². The molecule has 0 aromatic carbocycles. The average Bonchev–Trinajstić information content (AvgIpc) is 3.01. The molecule has 0 fully saturated rings. The zero-order valence-corrected chi connectivity index (χ0v) is 28.2. The minimum absolute atomic E-state index is 0.0753. The lowest BCUT2D eigenvalue weighted by atomic mass is 10.1. The molecule has 0 radical (unpaired) electrons. The molecule has 1 N–H and O–H groups in total. The highest BCUT2D eigenvalue weighted by molar-refractivity contribution is 5.70. The Hall–Kier alpha value is -1.88. The first kappa shape index (κ1) is 41.1. The Balaban J connectivity index is 3.62. The van der Waals surface area contributed by atoms with E-state index in [9.17, 15) is 14.7 Å². The molecule has 5 nitrogen and oxygen atoms in total. The number of unbranched alkanes of at least 4 members (excludes halogenated alkanes) is 18. The second kappa shape index (κ2) is 34.6. The number of carbonyl (C=O) groups is 2. The molecule has 0 aliphatic heterocycles. The van der Waals surface area contributed by atoms with E-state index in [1.165, 1.54) is 89.9 Å². The van der Waals surface area contributed by atoms with Crippen molar-refractivity contribution in [3.8, 4) is 0 Å². The molecule has 0 saturated carbocycles. The standard InChI is InChI=1S/C38H68O5/c1-3-5-7-9-11-13-15-17-18-19-21-23-25-27-29-31-33-38(41)43-36(34-39)35-42-37(40)32-30-28-26-24-22-20-16-14-12-10-8-6-4-2/h13-16,18-19,36,39H,3-12,17,20-35H2,1-2H3/b15-13-,16-14-,19-18-. The van der Waals surface area contributed by atoms with E-state index in [0.717, 1.165) is 57.8 Å². The van der Waals surface area contributed by atoms with Crippen molar-refractivity contribution in [3.05, 3.63) is 36.5 Å². The van der Waals surface area contributed by atoms with Gasteiger partial charge in [0.1, 0.15) is 6.61 Å². The lowest BCUT2D eigenvalue weighted by molar-refractivity contribution is -0.161. The molecule has 0 aliphatic rings. The minimum atomic E-state index is -0.779. The van der Waals surface area contributed by atoms with Crippen molar-refractivity contribution >= 4 is 11.9 Å². The SMILES string of the molecule is CCCCCC/C=C\C/C=C\CCCCCCCC(=O)OC(CO)COC(=O)CCCCCCC/C=C\CCCCCC. The Morgan fingerprint density at radius 1 is 0.535 bits per heavy atom. The first-order valence-corrected chi connectivity index (χ1v) is 18.0. The van der Waals surface area contributed by atoms with Crippen LogP contribution in [0.5, 0.6) is 0 Å². The molecule has 0 bridgehead atoms. The van der Waals surface area contributed by atoms with Crippen LogP contribution in [0.4, 0.5) is 0 Å². The number of hydrogen-bond donors (Lipinski definition) is 1. The quantitative estimate of drug-likeness (QED) is 0.0470. The van der Waals surface area contributed by atoms with Crippen LogP contribution in [0.1, 0.15) is 174 Å². The molecule has 0 aliphatic carbocycles. The molecule has 43 heavy (non-hydrogen) atoms. The van der Waals surface area contributed by atoms with Gasteiger partial charge in [-0.1, -0.05) is 127 Å². The maximum atomic E-state index is 12.1. The van der Waals surface area contributed by atoms with Crippen molar-refractivity contribution in [2.45, 2.75) is 180 Å². The lowest BCUT2D eigenvalue weighted by Crippen LogP contribution is -2.28. The second-order valence-electron chi connectivity index (χ2n) is 11.9. The number of esters is 2. The fourth-order valence-corrected chi connectivity index (χ4v) is 4.87. The topological polar surface area (TPSA) is 72.8 Å². The normalized spacial score (nSPS) is 12.5. The van der Waals surface area contributed by atoms with Crippen molar-refractivity contribution in [3.63, 3.8) is 0 Å². The molecule has 5 heteroatoms. The monoisotopic (exact) mass is 605 g/mol. The zero-order chi connectivity index (χ0) is 31.5. The summed E-state index contributed by atoms with van der Waals surface area (Å²) in [6.45, 7) is 4.07. The van der Waals surface area contributed by atoms with Gasteiger partial charge in [-0.3, -0.25) is 9.59 Å². The van der Waals surface area contributed by atoms with E-state index in [4.69, 9.17) is 9.47 Å². The second-order valence-corrected chi connectivity index (χ2v) is 11.9. The number of allylic oxidation sites excluding steroid dienone is 6. The summed E-state index contributed by atoms with van der Waals surface area (Å²) in [5.41, 5.74) is 0. The Bertz CT molecular complexity index is 696. The molecule has 0 spiro atoms. The van der Waals surface area contributed by atoms with Crippen molar-refractivity contribution in [2.24, 2.45) is 0 Å². The van der Waals surface area contributed by atoms with Crippen LogP contribution in [0.2, 0.25) is 0 Å². The van der Waals surface area contributed by atoms with Gasteiger partial charge in [-0.25, -0.2) is 0 Å². The summed E-state index contributed by atoms with van der Waals surface area (Å²) >= 11 is 0. The van der Waals surface area contributed by atoms with Gasteiger partial charge in [0, 0.05) is 12.8 Å². The summed E-state index contributed by atoms with van der Waals surface area (Å²) in [5.74, 6) is -0.618. The van der Waals surface area contributed by atoms with E-state index >= 15 is 0 Å². The van der Waals surface area contributed by atoms with Crippen molar-refractivity contribution < 1.29 is 24.2 Å². The fraction of sp³-hybridized carbons (Fsp3) is 0.789. The Labute approximate surface area is 266 Å². The largest absolute Gasteiger partial charge is 0.462 e. The van der Waals surface area contributed by atoms with Gasteiger partial charge >= 0.3 is 11.9 Å². The number of carbonyl (C=O) groups excluding carboxylic acids is 2. The summed E-state index contributed by atoms with van der Waals surface area (Å²) in [4.78, 5) is 24.1. The number of aliphatic hydroxyl groups is 1. The van der Waals surface area contributed by atoms with Crippen LogP contribution in [-0.4, -0.2) is 36.4 Å². The third kappa shape index (κ3) is 32.9. The van der Waals surface area contributed by atoms with E-state index in [1.807, 2.05) is 0 Å². The number of rotatable bonds is 32. The predicted octanol–water partition coefficient (Wildman–Crippen LogP) is 10.9. The molecule has 0 heterocycles. The third-order valence-electron chi connectivity index (χ3n) is 7.66. The molecule has 1 atom stereocenters. The zero-order valence-electron chi connectivity index (χ0n) is 28.2. The highest BCUT2D eigenvalue weighted by Gasteiger charge is 2.16. The van der Waals surface area contributed by atoms with Crippen LogP contribution in [0.15, 0.2) is 36.5 Å². The molecular formula is C38H68O5. The predicted molar refractivity (Wildman–Crippen MR) is 182 cm³/mol. The number of aliphatic hydroxyl groups excluding tert-OH is 1. The van der Waals surface area contributed by atoms with Crippen molar-refractivity contribution in [1.29, 1.82) is 0 Å². The van der Waals surface area contributed by atoms with Gasteiger partial charge in [-0.05, 0) is 70.6 Å². The summed E-state index contributed by atoms with van der Waals surface area (Å²) in [6, 6.07) is 0. The van der Waals surface area contributed by atoms with Crippen LogP contribution in [-0.2, 0) is 19.1 Å². The Kier molecular flexibility index (Phi) is 33.1. The summed E-state index contributed by atoms with van der Waals surface area (Å²) < 4.78 is 10.6. The maximum Gasteiger partial charge on any atom is 0.306 e. The minimum Gasteiger partial charge on any atom is -0.462 e. The number of ether oxygens (including phenoxy) is 2. The Morgan fingerprint density at radius 3 is 1.40 bits per heavy atom. The molecule has 1 unspecified atom stereocenters. The molecular weight excluding hydrogens is 536 g/mol. The first-order chi connectivity index (χ1) is 21.1. The Morgan fingerprint density at radius 2 is 0.930 bits per heavy atom. The van der Waals surface area contributed by atoms with Gasteiger partial charge in [0.2, 0.25) is 0 Å². The van der Waals surface area contributed by atoms with Gasteiger partial charge in [0.05, 0.1) is 6.61 Å². The lowest BCUT2D eigenvalue weighted by Gasteiger charge is -2.15. The molecule has 0 amide bonds. The van der Waals surface area contributed by atoms with Crippen LogP contribution in [0.3, 0.4) is 0 Å². The van der Waals surface area contributed by atoms with Gasteiger partial charge in [-0.15, -0.1) is 0 Å². The summed E-state index contributed by atoms with van der Waals surface area (Å²) in [6.07, 6.45) is 40.5. The van der Waals surface area contributed by atoms with E-state index in [1.54, 1.807) is 0 Å². The van der Waals surface area contributed by atoms with Gasteiger partial charge in [0.25, 0.3) is 0 Å². The van der Waals surface area contributed by atoms with Crippen LogP contribution >= 0.6 is 0 Å². The average molecular weight is 605 g/mol. The first-order valence-electron chi connectivity index (χ1n) is 18.0. The summed E-state index contributed by atoms with van der Waals surface area (Å²) in [7, 11) is 0.